The average Bonchev–Trinajstić information content (AvgIpc) is 3.19. The summed E-state index contributed by atoms with van der Waals surface area (Å²) in [5, 5.41) is 17.3. The topological polar surface area (TPSA) is 79.5 Å². The molecule has 0 radical (unpaired) electrons. The van der Waals surface area contributed by atoms with Gasteiger partial charge >= 0.3 is 5.97 Å². The Kier molecular flexibility index (Phi) is 4.39. The number of nitrogens with zero attached hydrogens (tertiary/aromatic N) is 3. The number of carboxylic acid groups (broad SMARTS) is 1. The van der Waals surface area contributed by atoms with Gasteiger partial charge in [-0.3, -0.25) is 0 Å². The number of carbonyl (C=O) groups is 1. The summed E-state index contributed by atoms with van der Waals surface area (Å²) in [4.78, 5) is 13.5. The van der Waals surface area contributed by atoms with Crippen LogP contribution in [0.5, 0.6) is 0 Å². The summed E-state index contributed by atoms with van der Waals surface area (Å²) in [7, 11) is 0. The van der Waals surface area contributed by atoms with Crippen LogP contribution in [0.15, 0.2) is 52.9 Å². The van der Waals surface area contributed by atoms with Crippen LogP contribution in [0.4, 0.5) is 5.69 Å². The maximum atomic E-state index is 11.1. The van der Waals surface area contributed by atoms with Crippen LogP contribution in [-0.2, 0) is 0 Å². The third kappa shape index (κ3) is 3.31. The smallest absolute Gasteiger partial charge is 0.335 e. The minimum atomic E-state index is -0.986. The molecular formula is C20H19N3O3. The van der Waals surface area contributed by atoms with Gasteiger partial charge in [0.2, 0.25) is 11.8 Å². The first kappa shape index (κ1) is 16.3. The fourth-order valence-electron chi connectivity index (χ4n) is 3.21. The molecule has 1 aromatic heterocycles. The van der Waals surface area contributed by atoms with E-state index >= 15 is 0 Å². The van der Waals surface area contributed by atoms with Crippen LogP contribution in [0.1, 0.15) is 29.6 Å². The minimum Gasteiger partial charge on any atom is -0.478 e. The molecule has 0 bridgehead atoms. The Hall–Kier alpha value is -3.15. The highest BCUT2D eigenvalue weighted by molar-refractivity contribution is 5.89. The second-order valence-corrected chi connectivity index (χ2v) is 6.39. The number of piperidine rings is 1. The molecule has 26 heavy (non-hydrogen) atoms. The van der Waals surface area contributed by atoms with Crippen molar-refractivity contribution in [2.45, 2.75) is 19.3 Å². The van der Waals surface area contributed by atoms with Gasteiger partial charge in [0, 0.05) is 29.9 Å². The number of rotatable bonds is 4. The molecular weight excluding hydrogens is 330 g/mol. The first-order chi connectivity index (χ1) is 12.7. The Morgan fingerprint density at radius 3 is 2.31 bits per heavy atom. The molecule has 0 aliphatic carbocycles. The van der Waals surface area contributed by atoms with E-state index in [1.165, 1.54) is 37.1 Å². The molecule has 1 fully saturated rings. The largest absolute Gasteiger partial charge is 0.478 e. The molecule has 132 valence electrons. The van der Waals surface area contributed by atoms with Gasteiger partial charge in [0.05, 0.1) is 5.56 Å². The first-order valence-corrected chi connectivity index (χ1v) is 8.73. The van der Waals surface area contributed by atoms with Gasteiger partial charge in [-0.2, -0.15) is 0 Å². The molecule has 0 unspecified atom stereocenters. The van der Waals surface area contributed by atoms with Gasteiger partial charge < -0.3 is 14.4 Å². The molecule has 0 amide bonds. The van der Waals surface area contributed by atoms with Crippen molar-refractivity contribution in [2.75, 3.05) is 18.0 Å². The number of benzene rings is 2. The maximum Gasteiger partial charge on any atom is 0.335 e. The molecule has 2 heterocycles. The lowest BCUT2D eigenvalue weighted by molar-refractivity contribution is 0.0697. The minimum absolute atomic E-state index is 0.188. The van der Waals surface area contributed by atoms with Gasteiger partial charge in [-0.1, -0.05) is 6.07 Å². The van der Waals surface area contributed by atoms with E-state index in [2.05, 4.69) is 27.2 Å². The van der Waals surface area contributed by atoms with Gasteiger partial charge in [-0.15, -0.1) is 10.2 Å². The zero-order chi connectivity index (χ0) is 17.9. The van der Waals surface area contributed by atoms with Gasteiger partial charge in [0.1, 0.15) is 0 Å². The van der Waals surface area contributed by atoms with Crippen molar-refractivity contribution in [1.82, 2.24) is 10.2 Å². The zero-order valence-corrected chi connectivity index (χ0v) is 14.3. The number of hydrogen-bond donors (Lipinski definition) is 1. The Morgan fingerprint density at radius 2 is 1.62 bits per heavy atom. The van der Waals surface area contributed by atoms with Gasteiger partial charge in [0.25, 0.3) is 0 Å². The van der Waals surface area contributed by atoms with E-state index < -0.39 is 5.97 Å². The Bertz CT molecular complexity index is 912. The lowest BCUT2D eigenvalue weighted by Gasteiger charge is -2.28. The van der Waals surface area contributed by atoms with Crippen molar-refractivity contribution in [3.63, 3.8) is 0 Å². The van der Waals surface area contributed by atoms with Crippen molar-refractivity contribution in [1.29, 1.82) is 0 Å². The standard InChI is InChI=1S/C20H19N3O3/c24-20(25)16-6-4-5-15(13-16)19-22-21-18(26-19)14-7-9-17(10-8-14)23-11-2-1-3-12-23/h4-10,13H,1-3,11-12H2,(H,24,25). The van der Waals surface area contributed by atoms with Gasteiger partial charge in [0.15, 0.2) is 0 Å². The summed E-state index contributed by atoms with van der Waals surface area (Å²) < 4.78 is 5.75. The van der Waals surface area contributed by atoms with Crippen LogP contribution in [-0.4, -0.2) is 34.4 Å². The Balaban J connectivity index is 1.56. The van der Waals surface area contributed by atoms with Gasteiger partial charge in [-0.25, -0.2) is 4.79 Å². The number of carboxylic acids is 1. The van der Waals surface area contributed by atoms with E-state index in [0.29, 0.717) is 17.3 Å². The first-order valence-electron chi connectivity index (χ1n) is 8.73. The molecule has 4 rings (SSSR count). The van der Waals surface area contributed by atoms with E-state index in [1.807, 2.05) is 12.1 Å². The van der Waals surface area contributed by atoms with E-state index in [1.54, 1.807) is 12.1 Å². The summed E-state index contributed by atoms with van der Waals surface area (Å²) in [6, 6.07) is 14.6. The Labute approximate surface area is 151 Å². The normalized spacial score (nSPS) is 14.4. The highest BCUT2D eigenvalue weighted by Crippen LogP contribution is 2.27. The van der Waals surface area contributed by atoms with Crippen molar-refractivity contribution < 1.29 is 14.3 Å². The summed E-state index contributed by atoms with van der Waals surface area (Å²) in [6.07, 6.45) is 3.79. The van der Waals surface area contributed by atoms with Crippen LogP contribution < -0.4 is 4.90 Å². The molecule has 2 aromatic carbocycles. The molecule has 1 aliphatic rings. The third-order valence-electron chi connectivity index (χ3n) is 4.62. The van der Waals surface area contributed by atoms with E-state index in [0.717, 1.165) is 18.7 Å². The van der Waals surface area contributed by atoms with Crippen LogP contribution >= 0.6 is 0 Å². The molecule has 3 aromatic rings. The highest BCUT2D eigenvalue weighted by atomic mass is 16.4. The predicted octanol–water partition coefficient (Wildman–Crippen LogP) is 4.09. The van der Waals surface area contributed by atoms with E-state index in [9.17, 15) is 4.79 Å². The molecule has 0 spiro atoms. The van der Waals surface area contributed by atoms with Crippen molar-refractivity contribution >= 4 is 11.7 Å². The zero-order valence-electron chi connectivity index (χ0n) is 14.3. The number of aromatic nitrogens is 2. The second kappa shape index (κ2) is 7.00. The molecule has 0 saturated carbocycles. The van der Waals surface area contributed by atoms with Crippen LogP contribution in [0.3, 0.4) is 0 Å². The van der Waals surface area contributed by atoms with Crippen molar-refractivity contribution in [3.05, 3.63) is 54.1 Å². The van der Waals surface area contributed by atoms with Gasteiger partial charge in [-0.05, 0) is 61.7 Å². The van der Waals surface area contributed by atoms with Crippen LogP contribution in [0.2, 0.25) is 0 Å². The predicted molar refractivity (Wildman–Crippen MR) is 98.2 cm³/mol. The molecule has 1 aliphatic heterocycles. The molecule has 6 heteroatoms. The number of hydrogen-bond acceptors (Lipinski definition) is 5. The number of anilines is 1. The fourth-order valence-corrected chi connectivity index (χ4v) is 3.21. The average molecular weight is 349 g/mol. The molecule has 6 nitrogen and oxygen atoms in total. The number of aromatic carboxylic acids is 1. The summed E-state index contributed by atoms with van der Waals surface area (Å²) >= 11 is 0. The lowest BCUT2D eigenvalue weighted by atomic mass is 10.1. The van der Waals surface area contributed by atoms with E-state index in [-0.39, 0.29) is 5.56 Å². The van der Waals surface area contributed by atoms with Crippen LogP contribution in [0.25, 0.3) is 22.9 Å². The van der Waals surface area contributed by atoms with E-state index in [4.69, 9.17) is 9.52 Å². The molecule has 0 atom stereocenters. The molecule has 1 saturated heterocycles. The van der Waals surface area contributed by atoms with Crippen molar-refractivity contribution in [3.8, 4) is 22.9 Å². The fraction of sp³-hybridized carbons (Fsp3) is 0.250. The third-order valence-corrected chi connectivity index (χ3v) is 4.62. The highest BCUT2D eigenvalue weighted by Gasteiger charge is 2.14. The van der Waals surface area contributed by atoms with Crippen LogP contribution in [0, 0.1) is 0 Å². The Morgan fingerprint density at radius 1 is 0.923 bits per heavy atom. The summed E-state index contributed by atoms with van der Waals surface area (Å²) in [6.45, 7) is 2.20. The lowest BCUT2D eigenvalue weighted by Crippen LogP contribution is -2.29. The SMILES string of the molecule is O=C(O)c1cccc(-c2nnc(-c3ccc(N4CCCCC4)cc3)o2)c1. The second-order valence-electron chi connectivity index (χ2n) is 6.39. The maximum absolute atomic E-state index is 11.1. The summed E-state index contributed by atoms with van der Waals surface area (Å²) in [5.41, 5.74) is 2.84. The summed E-state index contributed by atoms with van der Waals surface area (Å²) in [5.74, 6) is -0.256. The monoisotopic (exact) mass is 349 g/mol. The molecule has 1 N–H and O–H groups in total. The quantitative estimate of drug-likeness (QED) is 0.764. The van der Waals surface area contributed by atoms with Crippen molar-refractivity contribution in [2.24, 2.45) is 0 Å².